The van der Waals surface area contributed by atoms with E-state index in [9.17, 15) is 4.79 Å². The fourth-order valence-electron chi connectivity index (χ4n) is 2.06. The van der Waals surface area contributed by atoms with Crippen molar-refractivity contribution in [3.63, 3.8) is 0 Å². The number of hydrogen-bond donors (Lipinski definition) is 0. The van der Waals surface area contributed by atoms with Crippen molar-refractivity contribution in [2.24, 2.45) is 0 Å². The van der Waals surface area contributed by atoms with Crippen LogP contribution >= 0.6 is 11.3 Å². The Morgan fingerprint density at radius 3 is 2.80 bits per heavy atom. The fourth-order valence-corrected chi connectivity index (χ4v) is 3.08. The third kappa shape index (κ3) is 2.10. The van der Waals surface area contributed by atoms with Gasteiger partial charge in [-0.25, -0.2) is 4.98 Å². The van der Waals surface area contributed by atoms with Crippen molar-refractivity contribution in [1.29, 1.82) is 0 Å². The molecular formula is C15H14N2O2S. The van der Waals surface area contributed by atoms with Gasteiger partial charge < -0.3 is 4.42 Å². The molecule has 20 heavy (non-hydrogen) atoms. The van der Waals surface area contributed by atoms with E-state index in [1.807, 2.05) is 38.1 Å². The zero-order chi connectivity index (χ0) is 14.1. The second-order valence-corrected chi connectivity index (χ2v) is 5.46. The lowest BCUT2D eigenvalue weighted by Gasteiger charge is -2.16. The minimum atomic E-state index is -0.144. The van der Waals surface area contributed by atoms with E-state index in [1.54, 1.807) is 11.0 Å². The molecule has 0 saturated carbocycles. The first-order valence-electron chi connectivity index (χ1n) is 6.42. The van der Waals surface area contributed by atoms with Gasteiger partial charge in [0.15, 0.2) is 10.9 Å². The van der Waals surface area contributed by atoms with Crippen LogP contribution in [0, 0.1) is 6.92 Å². The molecule has 102 valence electrons. The van der Waals surface area contributed by atoms with Crippen molar-refractivity contribution in [2.45, 2.75) is 13.8 Å². The van der Waals surface area contributed by atoms with Gasteiger partial charge in [0.2, 0.25) is 0 Å². The van der Waals surface area contributed by atoms with Crippen molar-refractivity contribution in [2.75, 3.05) is 11.4 Å². The highest BCUT2D eigenvalue weighted by molar-refractivity contribution is 7.22. The van der Waals surface area contributed by atoms with E-state index in [2.05, 4.69) is 4.98 Å². The van der Waals surface area contributed by atoms with Crippen LogP contribution in [0.25, 0.3) is 10.2 Å². The minimum absolute atomic E-state index is 0.144. The zero-order valence-electron chi connectivity index (χ0n) is 11.3. The van der Waals surface area contributed by atoms with Crippen LogP contribution in [0.4, 0.5) is 5.13 Å². The first kappa shape index (κ1) is 12.9. The number of rotatable bonds is 3. The molecule has 5 heteroatoms. The van der Waals surface area contributed by atoms with Crippen LogP contribution in [0.3, 0.4) is 0 Å². The summed E-state index contributed by atoms with van der Waals surface area (Å²) < 4.78 is 6.36. The Kier molecular flexibility index (Phi) is 3.28. The molecule has 1 amide bonds. The SMILES string of the molecule is CCN(C(=O)c1occc1C)c1nc2ccccc2s1. The van der Waals surface area contributed by atoms with Gasteiger partial charge in [0.25, 0.3) is 5.91 Å². The van der Waals surface area contributed by atoms with Gasteiger partial charge in [-0.15, -0.1) is 0 Å². The molecule has 2 heterocycles. The normalized spacial score (nSPS) is 10.9. The summed E-state index contributed by atoms with van der Waals surface area (Å²) >= 11 is 1.51. The number of anilines is 1. The Labute approximate surface area is 120 Å². The van der Waals surface area contributed by atoms with Gasteiger partial charge in [-0.1, -0.05) is 23.5 Å². The number of carbonyl (C=O) groups is 1. The molecule has 0 radical (unpaired) electrons. The third-order valence-electron chi connectivity index (χ3n) is 3.13. The molecule has 1 aromatic carbocycles. The second-order valence-electron chi connectivity index (χ2n) is 4.45. The van der Waals surface area contributed by atoms with E-state index < -0.39 is 0 Å². The molecule has 0 bridgehead atoms. The number of hydrogen-bond acceptors (Lipinski definition) is 4. The number of carbonyl (C=O) groups excluding carboxylic acids is 1. The van der Waals surface area contributed by atoms with Crippen molar-refractivity contribution in [3.05, 3.63) is 47.9 Å². The molecule has 3 rings (SSSR count). The van der Waals surface area contributed by atoms with Crippen LogP contribution in [0.15, 0.2) is 41.0 Å². The predicted octanol–water partition coefficient (Wildman–Crippen LogP) is 3.86. The van der Waals surface area contributed by atoms with Gasteiger partial charge >= 0.3 is 0 Å². The van der Waals surface area contributed by atoms with E-state index in [1.165, 1.54) is 17.6 Å². The van der Waals surface area contributed by atoms with Crippen molar-refractivity contribution < 1.29 is 9.21 Å². The highest BCUT2D eigenvalue weighted by Gasteiger charge is 2.23. The van der Waals surface area contributed by atoms with E-state index in [-0.39, 0.29) is 5.91 Å². The average molecular weight is 286 g/mol. The molecule has 0 fully saturated rings. The highest BCUT2D eigenvalue weighted by Crippen LogP contribution is 2.29. The van der Waals surface area contributed by atoms with E-state index in [4.69, 9.17) is 4.42 Å². The van der Waals surface area contributed by atoms with E-state index in [0.717, 1.165) is 15.8 Å². The molecule has 0 aliphatic heterocycles. The molecule has 2 aromatic heterocycles. The Morgan fingerprint density at radius 2 is 2.15 bits per heavy atom. The maximum absolute atomic E-state index is 12.5. The van der Waals surface area contributed by atoms with Gasteiger partial charge in [0.05, 0.1) is 16.5 Å². The number of furan rings is 1. The maximum Gasteiger partial charge on any atom is 0.296 e. The third-order valence-corrected chi connectivity index (χ3v) is 4.19. The quantitative estimate of drug-likeness (QED) is 0.734. The molecule has 3 aromatic rings. The van der Waals surface area contributed by atoms with Gasteiger partial charge in [0, 0.05) is 12.1 Å². The topological polar surface area (TPSA) is 46.3 Å². The molecule has 0 aliphatic carbocycles. The van der Waals surface area contributed by atoms with E-state index >= 15 is 0 Å². The molecule has 0 saturated heterocycles. The summed E-state index contributed by atoms with van der Waals surface area (Å²) in [4.78, 5) is 18.7. The maximum atomic E-state index is 12.5. The first-order valence-corrected chi connectivity index (χ1v) is 7.24. The fraction of sp³-hybridized carbons (Fsp3) is 0.200. The molecule has 0 aliphatic rings. The Balaban J connectivity index is 2.01. The number of fused-ring (bicyclic) bond motifs is 1. The Bertz CT molecular complexity index is 727. The van der Waals surface area contributed by atoms with Crippen LogP contribution in [0.5, 0.6) is 0 Å². The van der Waals surface area contributed by atoms with Crippen molar-refractivity contribution in [3.8, 4) is 0 Å². The summed E-state index contributed by atoms with van der Waals surface area (Å²) in [6.45, 7) is 4.35. The lowest BCUT2D eigenvalue weighted by Crippen LogP contribution is -2.30. The van der Waals surface area contributed by atoms with E-state index in [0.29, 0.717) is 17.4 Å². The summed E-state index contributed by atoms with van der Waals surface area (Å²) in [6.07, 6.45) is 1.54. The van der Waals surface area contributed by atoms with Crippen LogP contribution in [-0.4, -0.2) is 17.4 Å². The van der Waals surface area contributed by atoms with Gasteiger partial charge in [-0.05, 0) is 32.0 Å². The summed E-state index contributed by atoms with van der Waals surface area (Å²) in [6, 6.07) is 9.66. The first-order chi connectivity index (χ1) is 9.70. The number of nitrogens with zero attached hydrogens (tertiary/aromatic N) is 2. The summed E-state index contributed by atoms with van der Waals surface area (Å²) in [5, 5.41) is 0.703. The lowest BCUT2D eigenvalue weighted by atomic mass is 10.2. The Morgan fingerprint density at radius 1 is 1.35 bits per heavy atom. The molecule has 0 unspecified atom stereocenters. The molecular weight excluding hydrogens is 272 g/mol. The monoisotopic (exact) mass is 286 g/mol. The number of benzene rings is 1. The minimum Gasteiger partial charge on any atom is -0.459 e. The number of aryl methyl sites for hydroxylation is 1. The molecule has 0 N–H and O–H groups in total. The second kappa shape index (κ2) is 5.09. The molecule has 0 atom stereocenters. The van der Waals surface area contributed by atoms with Gasteiger partial charge in [-0.2, -0.15) is 0 Å². The van der Waals surface area contributed by atoms with Gasteiger partial charge in [-0.3, -0.25) is 9.69 Å². The number of amides is 1. The van der Waals surface area contributed by atoms with Gasteiger partial charge in [0.1, 0.15) is 0 Å². The smallest absolute Gasteiger partial charge is 0.296 e. The number of thiazole rings is 1. The van der Waals surface area contributed by atoms with Crippen LogP contribution in [0.1, 0.15) is 23.0 Å². The van der Waals surface area contributed by atoms with Crippen LogP contribution in [-0.2, 0) is 0 Å². The lowest BCUT2D eigenvalue weighted by molar-refractivity contribution is 0.0961. The highest BCUT2D eigenvalue weighted by atomic mass is 32.1. The zero-order valence-corrected chi connectivity index (χ0v) is 12.1. The average Bonchev–Trinajstić information content (AvgIpc) is 3.05. The standard InChI is InChI=1S/C15H14N2O2S/c1-3-17(14(18)13-10(2)8-9-19-13)15-16-11-6-4-5-7-12(11)20-15/h4-9H,3H2,1-2H3. The summed E-state index contributed by atoms with van der Waals surface area (Å²) in [5.74, 6) is 0.236. The predicted molar refractivity (Wildman–Crippen MR) is 80.4 cm³/mol. The largest absolute Gasteiger partial charge is 0.459 e. The summed E-state index contributed by atoms with van der Waals surface area (Å²) in [7, 11) is 0. The number of aromatic nitrogens is 1. The van der Waals surface area contributed by atoms with Crippen LogP contribution in [0.2, 0.25) is 0 Å². The molecule has 4 nitrogen and oxygen atoms in total. The van der Waals surface area contributed by atoms with Crippen molar-refractivity contribution in [1.82, 2.24) is 4.98 Å². The number of para-hydroxylation sites is 1. The van der Waals surface area contributed by atoms with Crippen LogP contribution < -0.4 is 4.90 Å². The summed E-state index contributed by atoms with van der Waals surface area (Å²) in [5.41, 5.74) is 1.75. The molecule has 0 spiro atoms. The Hall–Kier alpha value is -2.14. The van der Waals surface area contributed by atoms with Crippen molar-refractivity contribution >= 4 is 32.6 Å².